The number of hydrogen-bond acceptors (Lipinski definition) is 7. The van der Waals surface area contributed by atoms with Gasteiger partial charge in [0.15, 0.2) is 0 Å². The van der Waals surface area contributed by atoms with E-state index in [9.17, 15) is 10.4 Å². The number of methoxy groups -OCH3 is 2. The summed E-state index contributed by atoms with van der Waals surface area (Å²) in [6.45, 7) is 0. The Balaban J connectivity index is 1.95. The van der Waals surface area contributed by atoms with Gasteiger partial charge in [-0.15, -0.1) is 0 Å². The lowest BCUT2D eigenvalue weighted by atomic mass is 9.75. The number of aromatic nitrogens is 2. The van der Waals surface area contributed by atoms with Gasteiger partial charge in [-0.05, 0) is 36.5 Å². The molecular formula is C18H20N4O3. The van der Waals surface area contributed by atoms with Crippen LogP contribution in [-0.2, 0) is 0 Å². The van der Waals surface area contributed by atoms with Gasteiger partial charge in [0.25, 0.3) is 0 Å². The number of nitrogens with one attached hydrogen (secondary N) is 1. The lowest BCUT2D eigenvalue weighted by molar-refractivity contribution is 0.0339. The largest absolute Gasteiger partial charge is 0.495 e. The minimum Gasteiger partial charge on any atom is -0.495 e. The smallest absolute Gasteiger partial charge is 0.233 e. The van der Waals surface area contributed by atoms with Crippen LogP contribution >= 0.6 is 0 Å². The van der Waals surface area contributed by atoms with Gasteiger partial charge >= 0.3 is 0 Å². The zero-order valence-electron chi connectivity index (χ0n) is 14.1. The van der Waals surface area contributed by atoms with Crippen LogP contribution in [0.5, 0.6) is 11.6 Å². The predicted octanol–water partition coefficient (Wildman–Crippen LogP) is 2.29. The molecule has 2 aromatic heterocycles. The first-order chi connectivity index (χ1) is 12.2. The van der Waals surface area contributed by atoms with E-state index in [4.69, 9.17) is 9.47 Å². The Bertz CT molecular complexity index is 784. The number of aliphatic hydroxyl groups is 1. The van der Waals surface area contributed by atoms with E-state index in [0.717, 1.165) is 5.56 Å². The molecule has 7 nitrogen and oxygen atoms in total. The van der Waals surface area contributed by atoms with E-state index in [0.29, 0.717) is 29.8 Å². The van der Waals surface area contributed by atoms with Crippen molar-refractivity contribution in [3.8, 4) is 17.7 Å². The zero-order valence-corrected chi connectivity index (χ0v) is 14.1. The Morgan fingerprint density at radius 1 is 1.32 bits per heavy atom. The third-order valence-electron chi connectivity index (χ3n) is 4.48. The highest BCUT2D eigenvalue weighted by molar-refractivity contribution is 5.62. The summed E-state index contributed by atoms with van der Waals surface area (Å²) in [6.07, 6.45) is 6.12. The van der Waals surface area contributed by atoms with E-state index in [1.165, 1.54) is 7.11 Å². The molecule has 7 heteroatoms. The maximum atomic E-state index is 9.71. The van der Waals surface area contributed by atoms with Gasteiger partial charge in [0.2, 0.25) is 5.88 Å². The summed E-state index contributed by atoms with van der Waals surface area (Å²) in [4.78, 5) is 8.29. The molecule has 0 spiro atoms. The molecule has 1 aliphatic rings. The molecule has 0 aromatic carbocycles. The summed E-state index contributed by atoms with van der Waals surface area (Å²) in [5, 5.41) is 22.6. The highest BCUT2D eigenvalue weighted by Crippen LogP contribution is 2.41. The van der Waals surface area contributed by atoms with E-state index < -0.39 is 0 Å². The fourth-order valence-corrected chi connectivity index (χ4v) is 3.09. The minimum absolute atomic E-state index is 0.106. The standard InChI is InChI=1S/C18H20N4O3/c1-24-14-7-12(9-20-10-14)17(11-5-13(23)6-11)22-16-3-4-21-18(25-2)15(16)8-19/h3-4,7,9-11,13,17,23H,5-6H2,1-2H3,(H,21,22)/t11?,13?,17-/m1/s1. The van der Waals surface area contributed by atoms with Crippen LogP contribution in [0.15, 0.2) is 30.7 Å². The van der Waals surface area contributed by atoms with E-state index >= 15 is 0 Å². The van der Waals surface area contributed by atoms with Gasteiger partial charge in [0.1, 0.15) is 17.4 Å². The van der Waals surface area contributed by atoms with Crippen molar-refractivity contribution in [2.75, 3.05) is 19.5 Å². The number of nitrogens with zero attached hydrogens (tertiary/aromatic N) is 3. The summed E-state index contributed by atoms with van der Waals surface area (Å²) in [5.41, 5.74) is 1.94. The van der Waals surface area contributed by atoms with Gasteiger partial charge in [-0.1, -0.05) is 0 Å². The summed E-state index contributed by atoms with van der Waals surface area (Å²) in [7, 11) is 3.08. The molecule has 2 aromatic rings. The fraction of sp³-hybridized carbons (Fsp3) is 0.389. The van der Waals surface area contributed by atoms with Gasteiger partial charge in [-0.2, -0.15) is 5.26 Å². The molecular weight excluding hydrogens is 320 g/mol. The van der Waals surface area contributed by atoms with Gasteiger partial charge in [-0.3, -0.25) is 4.98 Å². The van der Waals surface area contributed by atoms with Gasteiger partial charge in [0.05, 0.1) is 38.2 Å². The maximum absolute atomic E-state index is 9.71. The number of rotatable bonds is 6. The first-order valence-corrected chi connectivity index (χ1v) is 8.03. The lowest BCUT2D eigenvalue weighted by Crippen LogP contribution is -2.36. The maximum Gasteiger partial charge on any atom is 0.233 e. The first kappa shape index (κ1) is 17.0. The zero-order chi connectivity index (χ0) is 17.8. The van der Waals surface area contributed by atoms with Crippen molar-refractivity contribution in [3.05, 3.63) is 41.9 Å². The lowest BCUT2D eigenvalue weighted by Gasteiger charge is -2.38. The first-order valence-electron chi connectivity index (χ1n) is 8.03. The van der Waals surface area contributed by atoms with Crippen LogP contribution in [0, 0.1) is 17.2 Å². The Labute approximate surface area is 146 Å². The minimum atomic E-state index is -0.282. The van der Waals surface area contributed by atoms with Crippen molar-refractivity contribution in [3.63, 3.8) is 0 Å². The van der Waals surface area contributed by atoms with Crippen LogP contribution < -0.4 is 14.8 Å². The third-order valence-corrected chi connectivity index (χ3v) is 4.48. The molecule has 0 saturated heterocycles. The summed E-state index contributed by atoms with van der Waals surface area (Å²) < 4.78 is 10.4. The van der Waals surface area contributed by atoms with Gasteiger partial charge < -0.3 is 19.9 Å². The van der Waals surface area contributed by atoms with Crippen molar-refractivity contribution in [1.82, 2.24) is 9.97 Å². The number of hydrogen-bond donors (Lipinski definition) is 2. The van der Waals surface area contributed by atoms with Crippen LogP contribution in [0.1, 0.15) is 30.0 Å². The number of ether oxygens (including phenoxy) is 2. The highest BCUT2D eigenvalue weighted by Gasteiger charge is 2.35. The second-order valence-corrected chi connectivity index (χ2v) is 6.02. The Kier molecular flexibility index (Phi) is 5.00. The van der Waals surface area contributed by atoms with Crippen LogP contribution in [0.25, 0.3) is 0 Å². The van der Waals surface area contributed by atoms with Gasteiger partial charge in [0, 0.05) is 12.4 Å². The monoisotopic (exact) mass is 340 g/mol. The Morgan fingerprint density at radius 3 is 2.76 bits per heavy atom. The summed E-state index contributed by atoms with van der Waals surface area (Å²) in [6, 6.07) is 5.70. The molecule has 0 aliphatic heterocycles. The van der Waals surface area contributed by atoms with Crippen molar-refractivity contribution in [2.24, 2.45) is 5.92 Å². The second kappa shape index (κ2) is 7.36. The molecule has 2 heterocycles. The van der Waals surface area contributed by atoms with Gasteiger partial charge in [-0.25, -0.2) is 4.98 Å². The third kappa shape index (κ3) is 3.49. The van der Waals surface area contributed by atoms with E-state index in [1.54, 1.807) is 31.8 Å². The predicted molar refractivity (Wildman–Crippen MR) is 91.4 cm³/mol. The second-order valence-electron chi connectivity index (χ2n) is 6.02. The Hall–Kier alpha value is -2.85. The van der Waals surface area contributed by atoms with Crippen molar-refractivity contribution in [2.45, 2.75) is 25.0 Å². The van der Waals surface area contributed by atoms with Crippen molar-refractivity contribution in [1.29, 1.82) is 5.26 Å². The fourth-order valence-electron chi connectivity index (χ4n) is 3.09. The average Bonchev–Trinajstić information content (AvgIpc) is 2.63. The SMILES string of the molecule is COc1cncc([C@H](Nc2ccnc(OC)c2C#N)C2CC(O)C2)c1. The molecule has 1 fully saturated rings. The molecule has 2 N–H and O–H groups in total. The normalized spacial score (nSPS) is 20.1. The highest BCUT2D eigenvalue weighted by atomic mass is 16.5. The van der Waals surface area contributed by atoms with E-state index in [-0.39, 0.29) is 23.9 Å². The van der Waals surface area contributed by atoms with Crippen LogP contribution in [-0.4, -0.2) is 35.4 Å². The van der Waals surface area contributed by atoms with Crippen molar-refractivity contribution < 1.29 is 14.6 Å². The summed E-state index contributed by atoms with van der Waals surface area (Å²) in [5.74, 6) is 1.18. The molecule has 1 atom stereocenters. The Morgan fingerprint density at radius 2 is 2.12 bits per heavy atom. The average molecular weight is 340 g/mol. The molecule has 0 bridgehead atoms. The molecule has 1 aliphatic carbocycles. The number of pyridine rings is 2. The summed E-state index contributed by atoms with van der Waals surface area (Å²) >= 11 is 0. The molecule has 3 rings (SSSR count). The van der Waals surface area contributed by atoms with Crippen molar-refractivity contribution >= 4 is 5.69 Å². The number of nitriles is 1. The molecule has 0 unspecified atom stereocenters. The molecule has 1 saturated carbocycles. The topological polar surface area (TPSA) is 100 Å². The number of anilines is 1. The molecule has 0 radical (unpaired) electrons. The van der Waals surface area contributed by atoms with Crippen LogP contribution in [0.2, 0.25) is 0 Å². The van der Waals surface area contributed by atoms with Crippen LogP contribution in [0.3, 0.4) is 0 Å². The molecule has 0 amide bonds. The van der Waals surface area contributed by atoms with Crippen LogP contribution in [0.4, 0.5) is 5.69 Å². The quantitative estimate of drug-likeness (QED) is 0.832. The molecule has 25 heavy (non-hydrogen) atoms. The van der Waals surface area contributed by atoms with E-state index in [2.05, 4.69) is 21.4 Å². The van der Waals surface area contributed by atoms with E-state index in [1.807, 2.05) is 6.07 Å². The molecule has 130 valence electrons. The number of aliphatic hydroxyl groups excluding tert-OH is 1.